The Hall–Kier alpha value is -0.850. The highest BCUT2D eigenvalue weighted by molar-refractivity contribution is 5.49. The second-order valence-corrected chi connectivity index (χ2v) is 5.76. The van der Waals surface area contributed by atoms with Gasteiger partial charge in [0.05, 0.1) is 0 Å². The Balaban J connectivity index is 3.96. The van der Waals surface area contributed by atoms with E-state index in [1.807, 2.05) is 0 Å². The molecule has 1 unspecified atom stereocenters. The van der Waals surface area contributed by atoms with Crippen LogP contribution >= 0.6 is 0 Å². The fourth-order valence-electron chi connectivity index (χ4n) is 2.22. The van der Waals surface area contributed by atoms with E-state index in [4.69, 9.17) is 0 Å². The number of allylic oxidation sites excluding steroid dienone is 4. The lowest BCUT2D eigenvalue weighted by Crippen LogP contribution is -2.04. The van der Waals surface area contributed by atoms with Crippen molar-refractivity contribution in [2.75, 3.05) is 0 Å². The van der Waals surface area contributed by atoms with E-state index in [1.54, 1.807) is 0 Å². The van der Waals surface area contributed by atoms with E-state index in [9.17, 15) is 4.79 Å². The first kappa shape index (κ1) is 17.2. The van der Waals surface area contributed by atoms with E-state index < -0.39 is 0 Å². The molecule has 0 amide bonds. The minimum Gasteiger partial charge on any atom is -0.303 e. The van der Waals surface area contributed by atoms with Crippen LogP contribution in [-0.2, 0) is 4.79 Å². The summed E-state index contributed by atoms with van der Waals surface area (Å²) in [7, 11) is 0. The quantitative estimate of drug-likeness (QED) is 0.414. The summed E-state index contributed by atoms with van der Waals surface area (Å²) in [5, 5.41) is 0. The lowest BCUT2D eigenvalue weighted by atomic mass is 9.91. The van der Waals surface area contributed by atoms with Crippen LogP contribution < -0.4 is 0 Å². The molecule has 0 aliphatic heterocycles. The van der Waals surface area contributed by atoms with Crippen molar-refractivity contribution in [2.24, 2.45) is 23.7 Å². The van der Waals surface area contributed by atoms with E-state index in [2.05, 4.69) is 58.9 Å². The van der Waals surface area contributed by atoms with Crippen LogP contribution in [0.25, 0.3) is 0 Å². The topological polar surface area (TPSA) is 17.1 Å². The molecule has 0 N–H and O–H groups in total. The van der Waals surface area contributed by atoms with Gasteiger partial charge in [-0.05, 0) is 43.4 Å². The molecule has 0 saturated carbocycles. The fraction of sp³-hybridized carbons (Fsp3) is 0.706. The second-order valence-electron chi connectivity index (χ2n) is 5.76. The molecular formula is C17H30O. The molecule has 0 heterocycles. The average Bonchev–Trinajstić information content (AvgIpc) is 2.29. The Morgan fingerprint density at radius 1 is 0.889 bits per heavy atom. The molecule has 0 rings (SSSR count). The van der Waals surface area contributed by atoms with Crippen LogP contribution in [0.15, 0.2) is 24.3 Å². The Morgan fingerprint density at radius 2 is 1.44 bits per heavy atom. The highest BCUT2D eigenvalue weighted by Crippen LogP contribution is 2.19. The fourth-order valence-corrected chi connectivity index (χ4v) is 2.22. The van der Waals surface area contributed by atoms with Crippen LogP contribution in [0.3, 0.4) is 0 Å². The summed E-state index contributed by atoms with van der Waals surface area (Å²) in [6.45, 7) is 11.0. The second kappa shape index (κ2) is 10.1. The standard InChI is InChI=1S/C17H30O/c1-6-8-16(4)17(5)10-7-9-14(2)13-15(3)11-12-18/h6-8,10,12,14-17H,9,11,13H2,1-5H3/b8-6+,10-7+/t14-,15+,16?,17-/m1/s1. The number of aldehydes is 1. The van der Waals surface area contributed by atoms with Gasteiger partial charge in [0, 0.05) is 6.42 Å². The van der Waals surface area contributed by atoms with Crippen molar-refractivity contribution >= 4 is 6.29 Å². The van der Waals surface area contributed by atoms with Gasteiger partial charge in [-0.2, -0.15) is 0 Å². The largest absolute Gasteiger partial charge is 0.303 e. The maximum Gasteiger partial charge on any atom is 0.120 e. The van der Waals surface area contributed by atoms with Crippen LogP contribution in [0.1, 0.15) is 53.9 Å². The summed E-state index contributed by atoms with van der Waals surface area (Å²) in [6.07, 6.45) is 13.0. The molecule has 1 heteroatoms. The van der Waals surface area contributed by atoms with Crippen LogP contribution in [0.5, 0.6) is 0 Å². The zero-order valence-corrected chi connectivity index (χ0v) is 12.7. The van der Waals surface area contributed by atoms with E-state index >= 15 is 0 Å². The number of hydrogen-bond donors (Lipinski definition) is 0. The van der Waals surface area contributed by atoms with Crippen molar-refractivity contribution < 1.29 is 4.79 Å². The molecule has 0 radical (unpaired) electrons. The summed E-state index contributed by atoms with van der Waals surface area (Å²) < 4.78 is 0. The monoisotopic (exact) mass is 250 g/mol. The first-order valence-corrected chi connectivity index (χ1v) is 7.24. The zero-order valence-electron chi connectivity index (χ0n) is 12.7. The molecule has 0 aliphatic carbocycles. The molecule has 0 spiro atoms. The maximum absolute atomic E-state index is 10.4. The van der Waals surface area contributed by atoms with Gasteiger partial charge in [-0.1, -0.05) is 52.0 Å². The predicted molar refractivity (Wildman–Crippen MR) is 80.5 cm³/mol. The minimum atomic E-state index is 0.519. The molecule has 18 heavy (non-hydrogen) atoms. The van der Waals surface area contributed by atoms with Gasteiger partial charge in [-0.3, -0.25) is 0 Å². The summed E-state index contributed by atoms with van der Waals surface area (Å²) in [5.41, 5.74) is 0. The first-order chi connectivity index (χ1) is 8.51. The highest BCUT2D eigenvalue weighted by Gasteiger charge is 2.08. The molecular weight excluding hydrogens is 220 g/mol. The van der Waals surface area contributed by atoms with Gasteiger partial charge in [-0.15, -0.1) is 0 Å². The average molecular weight is 250 g/mol. The Labute approximate surface area is 113 Å². The van der Waals surface area contributed by atoms with E-state index in [-0.39, 0.29) is 0 Å². The number of carbonyl (C=O) groups is 1. The third-order valence-electron chi connectivity index (χ3n) is 3.61. The zero-order chi connectivity index (χ0) is 14.0. The summed E-state index contributed by atoms with van der Waals surface area (Å²) >= 11 is 0. The number of hydrogen-bond acceptors (Lipinski definition) is 1. The van der Waals surface area contributed by atoms with E-state index in [0.717, 1.165) is 19.1 Å². The van der Waals surface area contributed by atoms with Gasteiger partial charge >= 0.3 is 0 Å². The van der Waals surface area contributed by atoms with Crippen molar-refractivity contribution in [1.29, 1.82) is 0 Å². The SMILES string of the molecule is C/C=C/C(C)[C@H](C)/C=C/C[C@@H](C)C[C@@H](C)CC=O. The Morgan fingerprint density at radius 3 is 2.00 bits per heavy atom. The third kappa shape index (κ3) is 8.27. The van der Waals surface area contributed by atoms with Crippen molar-refractivity contribution in [2.45, 2.75) is 53.9 Å². The Kier molecular flexibility index (Phi) is 9.63. The minimum absolute atomic E-state index is 0.519. The molecule has 0 aromatic heterocycles. The van der Waals surface area contributed by atoms with Crippen molar-refractivity contribution in [3.05, 3.63) is 24.3 Å². The van der Waals surface area contributed by atoms with Crippen LogP contribution in [-0.4, -0.2) is 6.29 Å². The van der Waals surface area contributed by atoms with Crippen LogP contribution in [0.2, 0.25) is 0 Å². The molecule has 1 nitrogen and oxygen atoms in total. The first-order valence-electron chi connectivity index (χ1n) is 7.24. The highest BCUT2D eigenvalue weighted by atomic mass is 16.1. The maximum atomic E-state index is 10.4. The van der Waals surface area contributed by atoms with Crippen molar-refractivity contribution in [3.8, 4) is 0 Å². The van der Waals surface area contributed by atoms with Gasteiger partial charge in [0.2, 0.25) is 0 Å². The Bertz CT molecular complexity index is 265. The van der Waals surface area contributed by atoms with Crippen LogP contribution in [0.4, 0.5) is 0 Å². The lowest BCUT2D eigenvalue weighted by molar-refractivity contribution is -0.108. The van der Waals surface area contributed by atoms with Gasteiger partial charge in [0.25, 0.3) is 0 Å². The van der Waals surface area contributed by atoms with E-state index in [1.165, 1.54) is 0 Å². The molecule has 0 fully saturated rings. The molecule has 0 aromatic rings. The predicted octanol–water partition coefficient (Wildman–Crippen LogP) is 5.03. The van der Waals surface area contributed by atoms with Crippen molar-refractivity contribution in [3.63, 3.8) is 0 Å². The molecule has 0 saturated heterocycles. The molecule has 104 valence electrons. The number of rotatable bonds is 9. The molecule has 0 aromatic carbocycles. The summed E-state index contributed by atoms with van der Waals surface area (Å²) in [5.74, 6) is 2.39. The molecule has 4 atom stereocenters. The van der Waals surface area contributed by atoms with Crippen LogP contribution in [0, 0.1) is 23.7 Å². The third-order valence-corrected chi connectivity index (χ3v) is 3.61. The van der Waals surface area contributed by atoms with E-state index in [0.29, 0.717) is 30.1 Å². The van der Waals surface area contributed by atoms with Gasteiger partial charge in [0.1, 0.15) is 6.29 Å². The van der Waals surface area contributed by atoms with Gasteiger partial charge in [-0.25, -0.2) is 0 Å². The molecule has 0 bridgehead atoms. The summed E-state index contributed by atoms with van der Waals surface area (Å²) in [6, 6.07) is 0. The normalized spacial score (nSPS) is 18.9. The smallest absolute Gasteiger partial charge is 0.120 e. The lowest BCUT2D eigenvalue weighted by Gasteiger charge is -2.15. The number of carbonyl (C=O) groups excluding carboxylic acids is 1. The van der Waals surface area contributed by atoms with Gasteiger partial charge in [0.15, 0.2) is 0 Å². The van der Waals surface area contributed by atoms with Crippen molar-refractivity contribution in [1.82, 2.24) is 0 Å². The van der Waals surface area contributed by atoms with Gasteiger partial charge < -0.3 is 4.79 Å². The molecule has 0 aliphatic rings. The summed E-state index contributed by atoms with van der Waals surface area (Å²) in [4.78, 5) is 10.4.